The van der Waals surface area contributed by atoms with Gasteiger partial charge in [-0.15, -0.1) is 11.3 Å². The number of nitrogens with one attached hydrogen (secondary N) is 1. The molecule has 2 heterocycles. The quantitative estimate of drug-likeness (QED) is 0.875. The monoisotopic (exact) mass is 250 g/mol. The van der Waals surface area contributed by atoms with Crippen molar-refractivity contribution >= 4 is 11.3 Å². The van der Waals surface area contributed by atoms with Crippen molar-refractivity contribution in [1.29, 1.82) is 0 Å². The molecular formula is C12H18N4S. The maximum Gasteiger partial charge on any atom is 0.0897 e. The Morgan fingerprint density at radius 1 is 1.47 bits per heavy atom. The van der Waals surface area contributed by atoms with E-state index in [-0.39, 0.29) is 0 Å². The van der Waals surface area contributed by atoms with Gasteiger partial charge >= 0.3 is 0 Å². The van der Waals surface area contributed by atoms with Crippen molar-refractivity contribution < 1.29 is 0 Å². The predicted molar refractivity (Wildman–Crippen MR) is 70.3 cm³/mol. The molecule has 0 saturated heterocycles. The molecule has 2 aromatic heterocycles. The minimum absolute atomic E-state index is 0.417. The molecule has 1 unspecified atom stereocenters. The van der Waals surface area contributed by atoms with Crippen LogP contribution >= 0.6 is 11.3 Å². The molecular weight excluding hydrogens is 232 g/mol. The van der Waals surface area contributed by atoms with E-state index >= 15 is 0 Å². The molecule has 0 saturated carbocycles. The van der Waals surface area contributed by atoms with Gasteiger partial charge in [0.05, 0.1) is 16.9 Å². The Kier molecular flexibility index (Phi) is 3.91. The van der Waals surface area contributed by atoms with Crippen LogP contribution in [0.5, 0.6) is 0 Å². The summed E-state index contributed by atoms with van der Waals surface area (Å²) in [6, 6.07) is 0.417. The third-order valence-electron chi connectivity index (χ3n) is 2.77. The van der Waals surface area contributed by atoms with Gasteiger partial charge in [0, 0.05) is 31.1 Å². The maximum atomic E-state index is 4.50. The average Bonchev–Trinajstić information content (AvgIpc) is 2.87. The van der Waals surface area contributed by atoms with Gasteiger partial charge < -0.3 is 5.32 Å². The minimum atomic E-state index is 0.417. The van der Waals surface area contributed by atoms with Crippen LogP contribution in [0.15, 0.2) is 17.8 Å². The molecule has 0 radical (unpaired) electrons. The van der Waals surface area contributed by atoms with Gasteiger partial charge in [0.25, 0.3) is 0 Å². The summed E-state index contributed by atoms with van der Waals surface area (Å²) in [5, 5.41) is 10.8. The van der Waals surface area contributed by atoms with E-state index in [1.807, 2.05) is 31.9 Å². The summed E-state index contributed by atoms with van der Waals surface area (Å²) in [7, 11) is 3.95. The third-order valence-corrected chi connectivity index (χ3v) is 3.59. The number of aromatic nitrogens is 3. The van der Waals surface area contributed by atoms with Gasteiger partial charge in [0.2, 0.25) is 0 Å². The Balaban J connectivity index is 1.97. The fraction of sp³-hybridized carbons (Fsp3) is 0.500. The summed E-state index contributed by atoms with van der Waals surface area (Å²) < 4.78 is 1.84. The lowest BCUT2D eigenvalue weighted by Gasteiger charge is -2.13. The Morgan fingerprint density at radius 2 is 2.29 bits per heavy atom. The van der Waals surface area contributed by atoms with Gasteiger partial charge in [0.1, 0.15) is 0 Å². The molecule has 1 N–H and O–H groups in total. The smallest absolute Gasteiger partial charge is 0.0897 e. The Morgan fingerprint density at radius 3 is 2.82 bits per heavy atom. The number of likely N-dealkylation sites (N-methyl/N-ethyl adjacent to an activating group) is 1. The van der Waals surface area contributed by atoms with Crippen LogP contribution in [0.25, 0.3) is 0 Å². The molecule has 0 aromatic carbocycles. The second kappa shape index (κ2) is 5.42. The first-order valence-electron chi connectivity index (χ1n) is 5.73. The summed E-state index contributed by atoms with van der Waals surface area (Å²) in [5.74, 6) is 0. The highest BCUT2D eigenvalue weighted by Gasteiger charge is 2.11. The lowest BCUT2D eigenvalue weighted by Crippen LogP contribution is -2.29. The second-order valence-electron chi connectivity index (χ2n) is 4.27. The molecule has 4 nitrogen and oxygen atoms in total. The molecule has 2 aromatic rings. The second-order valence-corrected chi connectivity index (χ2v) is 5.34. The molecule has 92 valence electrons. The first-order valence-corrected chi connectivity index (χ1v) is 6.61. The summed E-state index contributed by atoms with van der Waals surface area (Å²) in [6.07, 6.45) is 5.95. The fourth-order valence-electron chi connectivity index (χ4n) is 1.89. The van der Waals surface area contributed by atoms with Crippen LogP contribution < -0.4 is 5.32 Å². The maximum absolute atomic E-state index is 4.50. The van der Waals surface area contributed by atoms with E-state index in [0.717, 1.165) is 17.8 Å². The highest BCUT2D eigenvalue weighted by atomic mass is 32.1. The number of hydrogen-bond donors (Lipinski definition) is 1. The van der Waals surface area contributed by atoms with Gasteiger partial charge in [-0.05, 0) is 26.0 Å². The summed E-state index contributed by atoms with van der Waals surface area (Å²) in [4.78, 5) is 4.50. The number of nitrogens with zero attached hydrogens (tertiary/aromatic N) is 3. The van der Waals surface area contributed by atoms with E-state index < -0.39 is 0 Å². The van der Waals surface area contributed by atoms with E-state index in [1.165, 1.54) is 11.3 Å². The normalized spacial score (nSPS) is 12.9. The molecule has 0 aliphatic heterocycles. The molecule has 0 aliphatic rings. The predicted octanol–water partition coefficient (Wildman–Crippen LogP) is 1.56. The van der Waals surface area contributed by atoms with Gasteiger partial charge in [-0.1, -0.05) is 0 Å². The molecule has 0 amide bonds. The van der Waals surface area contributed by atoms with Gasteiger partial charge in [0.15, 0.2) is 0 Å². The van der Waals surface area contributed by atoms with Crippen molar-refractivity contribution in [2.45, 2.75) is 25.8 Å². The molecule has 1 atom stereocenters. The zero-order valence-corrected chi connectivity index (χ0v) is 11.3. The average molecular weight is 250 g/mol. The topological polar surface area (TPSA) is 42.7 Å². The van der Waals surface area contributed by atoms with E-state index in [1.54, 1.807) is 11.3 Å². The highest BCUT2D eigenvalue weighted by molar-refractivity contribution is 7.09. The summed E-state index contributed by atoms with van der Waals surface area (Å²) in [6.45, 7) is 2.05. The van der Waals surface area contributed by atoms with Crippen molar-refractivity contribution in [2.24, 2.45) is 7.05 Å². The van der Waals surface area contributed by atoms with Crippen LogP contribution in [0.4, 0.5) is 0 Å². The van der Waals surface area contributed by atoms with E-state index in [4.69, 9.17) is 0 Å². The number of aryl methyl sites for hydroxylation is 2. The molecule has 0 bridgehead atoms. The first-order chi connectivity index (χ1) is 8.17. The van der Waals surface area contributed by atoms with Crippen molar-refractivity contribution in [3.05, 3.63) is 34.0 Å². The lowest BCUT2D eigenvalue weighted by molar-refractivity contribution is 0.551. The van der Waals surface area contributed by atoms with Crippen LogP contribution in [-0.4, -0.2) is 27.9 Å². The summed E-state index contributed by atoms with van der Waals surface area (Å²) >= 11 is 1.71. The molecule has 17 heavy (non-hydrogen) atoms. The van der Waals surface area contributed by atoms with Gasteiger partial charge in [-0.25, -0.2) is 4.98 Å². The highest BCUT2D eigenvalue weighted by Crippen LogP contribution is 2.12. The molecule has 5 heteroatoms. The number of thiazole rings is 1. The van der Waals surface area contributed by atoms with Crippen molar-refractivity contribution in [2.75, 3.05) is 7.05 Å². The van der Waals surface area contributed by atoms with Crippen LogP contribution in [0.1, 0.15) is 16.3 Å². The number of rotatable bonds is 5. The third kappa shape index (κ3) is 3.38. The minimum Gasteiger partial charge on any atom is -0.316 e. The summed E-state index contributed by atoms with van der Waals surface area (Å²) in [5.41, 5.74) is 2.44. The van der Waals surface area contributed by atoms with Crippen molar-refractivity contribution in [3.8, 4) is 0 Å². The van der Waals surface area contributed by atoms with E-state index in [0.29, 0.717) is 6.04 Å². The van der Waals surface area contributed by atoms with Gasteiger partial charge in [-0.2, -0.15) is 5.10 Å². The Bertz CT molecular complexity index is 432. The van der Waals surface area contributed by atoms with Crippen LogP contribution in [0.2, 0.25) is 0 Å². The molecule has 2 rings (SSSR count). The fourth-order valence-corrected chi connectivity index (χ4v) is 2.52. The Labute approximate surface area is 106 Å². The zero-order chi connectivity index (χ0) is 12.3. The van der Waals surface area contributed by atoms with Crippen molar-refractivity contribution in [1.82, 2.24) is 20.1 Å². The van der Waals surface area contributed by atoms with Crippen LogP contribution in [0, 0.1) is 6.92 Å². The molecule has 0 fully saturated rings. The first kappa shape index (κ1) is 12.3. The lowest BCUT2D eigenvalue weighted by atomic mass is 10.1. The molecule has 0 spiro atoms. The largest absolute Gasteiger partial charge is 0.316 e. The Hall–Kier alpha value is -1.20. The SMILES string of the molecule is CNC(Cc1cnn(C)c1)Cc1csc(C)n1. The zero-order valence-electron chi connectivity index (χ0n) is 10.5. The van der Waals surface area contributed by atoms with E-state index in [9.17, 15) is 0 Å². The van der Waals surface area contributed by atoms with Crippen molar-refractivity contribution in [3.63, 3.8) is 0 Å². The number of hydrogen-bond acceptors (Lipinski definition) is 4. The van der Waals surface area contributed by atoms with Crippen LogP contribution in [-0.2, 0) is 19.9 Å². The van der Waals surface area contributed by atoms with Crippen LogP contribution in [0.3, 0.4) is 0 Å². The molecule has 0 aliphatic carbocycles. The van der Waals surface area contributed by atoms with E-state index in [2.05, 4.69) is 27.0 Å². The van der Waals surface area contributed by atoms with Gasteiger partial charge in [-0.3, -0.25) is 4.68 Å². The standard InChI is InChI=1S/C12H18N4S/c1-9-15-12(8-17-9)5-11(13-2)4-10-6-14-16(3)7-10/h6-8,11,13H,4-5H2,1-3H3.